The summed E-state index contributed by atoms with van der Waals surface area (Å²) < 4.78 is 0. The highest BCUT2D eigenvalue weighted by molar-refractivity contribution is 6.34. The zero-order valence-corrected chi connectivity index (χ0v) is 16.3. The lowest BCUT2D eigenvalue weighted by Crippen LogP contribution is -2.13. The highest BCUT2D eigenvalue weighted by atomic mass is 35.5. The molecule has 0 radical (unpaired) electrons. The second kappa shape index (κ2) is 9.23. The molecule has 0 bridgehead atoms. The molecule has 1 amide bonds. The monoisotopic (exact) mass is 406 g/mol. The van der Waals surface area contributed by atoms with Gasteiger partial charge in [-0.2, -0.15) is 5.26 Å². The summed E-state index contributed by atoms with van der Waals surface area (Å²) in [7, 11) is 0. The van der Waals surface area contributed by atoms with Gasteiger partial charge in [-0.05, 0) is 47.4 Å². The zero-order valence-electron chi connectivity index (χ0n) is 14.8. The molecule has 3 aromatic rings. The molecule has 0 aromatic heterocycles. The Morgan fingerprint density at radius 3 is 2.21 bits per heavy atom. The number of nitrogens with zero attached hydrogens (tertiary/aromatic N) is 1. The fourth-order valence-electron chi connectivity index (χ4n) is 2.66. The number of hydrogen-bond donors (Lipinski definition) is 1. The van der Waals surface area contributed by atoms with E-state index in [-0.39, 0.29) is 5.57 Å². The van der Waals surface area contributed by atoms with Crippen molar-refractivity contribution in [2.45, 2.75) is 6.42 Å². The van der Waals surface area contributed by atoms with Gasteiger partial charge in [0, 0.05) is 5.02 Å². The molecule has 0 spiro atoms. The Labute approximate surface area is 173 Å². The van der Waals surface area contributed by atoms with Crippen LogP contribution in [-0.4, -0.2) is 5.91 Å². The number of hydrogen-bond acceptors (Lipinski definition) is 2. The minimum absolute atomic E-state index is 0.00114. The Morgan fingerprint density at radius 1 is 0.929 bits per heavy atom. The van der Waals surface area contributed by atoms with E-state index in [0.717, 1.165) is 21.7 Å². The summed E-state index contributed by atoms with van der Waals surface area (Å²) in [5.74, 6) is -0.504. The van der Waals surface area contributed by atoms with Crippen LogP contribution in [0.1, 0.15) is 16.7 Å². The summed E-state index contributed by atoms with van der Waals surface area (Å²) in [6, 6.07) is 24.2. The van der Waals surface area contributed by atoms with Gasteiger partial charge in [0.1, 0.15) is 11.6 Å². The quantitative estimate of drug-likeness (QED) is 0.409. The first-order chi connectivity index (χ1) is 13.6. The lowest BCUT2D eigenvalue weighted by molar-refractivity contribution is -0.112. The predicted molar refractivity (Wildman–Crippen MR) is 114 cm³/mol. The molecule has 0 aliphatic rings. The minimum Gasteiger partial charge on any atom is -0.320 e. The number of benzene rings is 3. The van der Waals surface area contributed by atoms with Crippen LogP contribution < -0.4 is 5.32 Å². The SMILES string of the molecule is N#C/C(=C\c1ccc(Cc2ccccc2Cl)cc1)C(=O)Nc1ccccc1Cl. The predicted octanol–water partition coefficient (Wildman–Crippen LogP) is 6.13. The van der Waals surface area contributed by atoms with Gasteiger partial charge in [-0.1, -0.05) is 77.8 Å². The number of carbonyl (C=O) groups excluding carboxylic acids is 1. The van der Waals surface area contributed by atoms with Gasteiger partial charge in [0.15, 0.2) is 0 Å². The maximum atomic E-state index is 12.4. The second-order valence-corrected chi connectivity index (χ2v) is 6.93. The van der Waals surface area contributed by atoms with Crippen LogP contribution in [0.2, 0.25) is 10.0 Å². The molecule has 0 fully saturated rings. The maximum Gasteiger partial charge on any atom is 0.266 e. The number of amides is 1. The van der Waals surface area contributed by atoms with Gasteiger partial charge in [0.25, 0.3) is 5.91 Å². The van der Waals surface area contributed by atoms with Crippen LogP contribution in [0.3, 0.4) is 0 Å². The molecule has 3 aromatic carbocycles. The van der Waals surface area contributed by atoms with Crippen molar-refractivity contribution in [3.63, 3.8) is 0 Å². The molecule has 28 heavy (non-hydrogen) atoms. The van der Waals surface area contributed by atoms with Crippen molar-refractivity contribution < 1.29 is 4.79 Å². The largest absolute Gasteiger partial charge is 0.320 e. The Hall–Kier alpha value is -3.06. The third kappa shape index (κ3) is 5.01. The van der Waals surface area contributed by atoms with Crippen molar-refractivity contribution in [2.24, 2.45) is 0 Å². The normalized spacial score (nSPS) is 11.0. The number of carbonyl (C=O) groups is 1. The van der Waals surface area contributed by atoms with Crippen LogP contribution in [0.25, 0.3) is 6.08 Å². The molecule has 1 N–H and O–H groups in total. The molecule has 0 atom stereocenters. The highest BCUT2D eigenvalue weighted by Crippen LogP contribution is 2.22. The summed E-state index contributed by atoms with van der Waals surface area (Å²) >= 11 is 12.3. The van der Waals surface area contributed by atoms with Crippen LogP contribution in [0.15, 0.2) is 78.4 Å². The Kier molecular flexibility index (Phi) is 6.49. The van der Waals surface area contributed by atoms with E-state index in [9.17, 15) is 10.1 Å². The summed E-state index contributed by atoms with van der Waals surface area (Å²) in [6.45, 7) is 0. The van der Waals surface area contributed by atoms with Crippen molar-refractivity contribution in [2.75, 3.05) is 5.32 Å². The van der Waals surface area contributed by atoms with Crippen molar-refractivity contribution in [1.29, 1.82) is 5.26 Å². The summed E-state index contributed by atoms with van der Waals surface area (Å²) in [4.78, 5) is 12.4. The molecule has 0 aliphatic heterocycles. The number of halogens is 2. The van der Waals surface area contributed by atoms with Gasteiger partial charge in [0.2, 0.25) is 0 Å². The second-order valence-electron chi connectivity index (χ2n) is 6.11. The van der Waals surface area contributed by atoms with E-state index in [1.165, 1.54) is 0 Å². The van der Waals surface area contributed by atoms with E-state index < -0.39 is 5.91 Å². The zero-order chi connectivity index (χ0) is 19.9. The molecule has 3 nitrogen and oxygen atoms in total. The first-order valence-corrected chi connectivity index (χ1v) is 9.32. The van der Waals surface area contributed by atoms with Gasteiger partial charge in [-0.15, -0.1) is 0 Å². The Morgan fingerprint density at radius 2 is 1.57 bits per heavy atom. The molecule has 0 unspecified atom stereocenters. The molecular formula is C23H16Cl2N2O. The third-order valence-electron chi connectivity index (χ3n) is 4.13. The standard InChI is InChI=1S/C23H16Cl2N2O/c24-20-6-2-1-5-18(20)13-16-9-11-17(12-10-16)14-19(15-26)23(28)27-22-8-4-3-7-21(22)25/h1-12,14H,13H2,(H,27,28)/b19-14+. The average molecular weight is 407 g/mol. The Bertz CT molecular complexity index is 1070. The van der Waals surface area contributed by atoms with E-state index in [1.807, 2.05) is 54.6 Å². The van der Waals surface area contributed by atoms with Gasteiger partial charge in [0.05, 0.1) is 10.7 Å². The van der Waals surface area contributed by atoms with Gasteiger partial charge in [-0.3, -0.25) is 4.79 Å². The minimum atomic E-state index is -0.504. The smallest absolute Gasteiger partial charge is 0.266 e. The van der Waals surface area contributed by atoms with E-state index in [0.29, 0.717) is 17.1 Å². The van der Waals surface area contributed by atoms with Crippen molar-refractivity contribution >= 4 is 40.9 Å². The van der Waals surface area contributed by atoms with Crippen LogP contribution in [0.5, 0.6) is 0 Å². The number of anilines is 1. The fourth-order valence-corrected chi connectivity index (χ4v) is 3.05. The third-order valence-corrected chi connectivity index (χ3v) is 4.83. The lowest BCUT2D eigenvalue weighted by atomic mass is 10.0. The topological polar surface area (TPSA) is 52.9 Å². The van der Waals surface area contributed by atoms with E-state index >= 15 is 0 Å². The molecule has 0 saturated heterocycles. The first kappa shape index (κ1) is 19.7. The summed E-state index contributed by atoms with van der Waals surface area (Å²) in [5.41, 5.74) is 3.35. The van der Waals surface area contributed by atoms with E-state index in [4.69, 9.17) is 23.2 Å². The lowest BCUT2D eigenvalue weighted by Gasteiger charge is -2.07. The number of nitrogens with one attached hydrogen (secondary N) is 1. The summed E-state index contributed by atoms with van der Waals surface area (Å²) in [5, 5.41) is 13.2. The van der Waals surface area contributed by atoms with Crippen LogP contribution >= 0.6 is 23.2 Å². The van der Waals surface area contributed by atoms with Gasteiger partial charge >= 0.3 is 0 Å². The van der Waals surface area contributed by atoms with E-state index in [1.54, 1.807) is 30.3 Å². The number of rotatable bonds is 5. The fraction of sp³-hybridized carbons (Fsp3) is 0.0435. The highest BCUT2D eigenvalue weighted by Gasteiger charge is 2.11. The molecular weight excluding hydrogens is 391 g/mol. The molecule has 0 aliphatic carbocycles. The molecule has 0 saturated carbocycles. The van der Waals surface area contributed by atoms with Crippen molar-refractivity contribution in [3.8, 4) is 6.07 Å². The van der Waals surface area contributed by atoms with Crippen LogP contribution in [0.4, 0.5) is 5.69 Å². The maximum absolute atomic E-state index is 12.4. The van der Waals surface area contributed by atoms with Crippen molar-refractivity contribution in [3.05, 3.63) is 105 Å². The molecule has 138 valence electrons. The molecule has 3 rings (SSSR count). The number of nitriles is 1. The average Bonchev–Trinajstić information content (AvgIpc) is 2.70. The van der Waals surface area contributed by atoms with Gasteiger partial charge in [-0.25, -0.2) is 0 Å². The summed E-state index contributed by atoms with van der Waals surface area (Å²) in [6.07, 6.45) is 2.26. The van der Waals surface area contributed by atoms with Crippen molar-refractivity contribution in [1.82, 2.24) is 0 Å². The van der Waals surface area contributed by atoms with Gasteiger partial charge < -0.3 is 5.32 Å². The van der Waals surface area contributed by atoms with E-state index in [2.05, 4.69) is 5.32 Å². The van der Waals surface area contributed by atoms with Crippen LogP contribution in [0, 0.1) is 11.3 Å². The Balaban J connectivity index is 1.74. The first-order valence-electron chi connectivity index (χ1n) is 8.57. The molecule has 5 heteroatoms. The molecule has 0 heterocycles. The number of para-hydroxylation sites is 1. The van der Waals surface area contributed by atoms with Crippen LogP contribution in [-0.2, 0) is 11.2 Å².